The van der Waals surface area contributed by atoms with E-state index in [1.807, 2.05) is 18.2 Å². The molecule has 2 aromatic heterocycles. The Labute approximate surface area is 166 Å². The molecule has 146 valence electrons. The van der Waals surface area contributed by atoms with Crippen molar-refractivity contribution in [2.45, 2.75) is 12.5 Å². The number of amides is 1. The summed E-state index contributed by atoms with van der Waals surface area (Å²) in [5, 5.41) is 22.6. The van der Waals surface area contributed by atoms with Crippen LogP contribution in [0.5, 0.6) is 5.88 Å². The highest BCUT2D eigenvalue weighted by Crippen LogP contribution is 2.29. The van der Waals surface area contributed by atoms with Crippen LogP contribution in [0.15, 0.2) is 36.8 Å². The summed E-state index contributed by atoms with van der Waals surface area (Å²) in [7, 11) is 1.47. The molecule has 9 nitrogen and oxygen atoms in total. The fraction of sp³-hybridized carbons (Fsp3) is 0.250. The number of pyridine rings is 1. The van der Waals surface area contributed by atoms with E-state index in [-0.39, 0.29) is 11.9 Å². The summed E-state index contributed by atoms with van der Waals surface area (Å²) >= 11 is 0. The molecule has 0 aliphatic carbocycles. The molecule has 3 heterocycles. The average molecular weight is 390 g/mol. The minimum atomic E-state index is -0.913. The second kappa shape index (κ2) is 7.59. The van der Waals surface area contributed by atoms with Crippen LogP contribution in [0.2, 0.25) is 0 Å². The number of rotatable bonds is 4. The number of ether oxygens (including phenoxy) is 1. The number of nitriles is 1. The lowest BCUT2D eigenvalue weighted by molar-refractivity contribution is 0.155. The first-order valence-electron chi connectivity index (χ1n) is 9.02. The molecule has 1 aliphatic rings. The standard InChI is InChI=1S/C20H18N6O3/c1-29-19-13(8-21)6-14(9-22-19)12-2-3-17-16(7-12)18(24-11-23-17)25-15-4-5-26(10-15)20(27)28/h2-3,6-7,9,11,15H,4-5,10H2,1H3,(H,27,28)(H,23,24,25)/t15-/m0/s1. The summed E-state index contributed by atoms with van der Waals surface area (Å²) in [6.07, 6.45) is 2.94. The van der Waals surface area contributed by atoms with Crippen LogP contribution in [-0.4, -0.2) is 57.3 Å². The Bertz CT molecular complexity index is 1130. The van der Waals surface area contributed by atoms with Crippen molar-refractivity contribution in [1.82, 2.24) is 19.9 Å². The van der Waals surface area contributed by atoms with Gasteiger partial charge in [-0.1, -0.05) is 6.07 Å². The van der Waals surface area contributed by atoms with E-state index >= 15 is 0 Å². The van der Waals surface area contributed by atoms with Gasteiger partial charge in [-0.25, -0.2) is 19.7 Å². The first kappa shape index (κ1) is 18.4. The Morgan fingerprint density at radius 3 is 2.90 bits per heavy atom. The molecule has 0 bridgehead atoms. The second-order valence-electron chi connectivity index (χ2n) is 6.71. The first-order chi connectivity index (χ1) is 14.1. The van der Waals surface area contributed by atoms with Gasteiger partial charge in [-0.15, -0.1) is 0 Å². The zero-order chi connectivity index (χ0) is 20.4. The Morgan fingerprint density at radius 1 is 1.31 bits per heavy atom. The molecular weight excluding hydrogens is 372 g/mol. The largest absolute Gasteiger partial charge is 0.480 e. The summed E-state index contributed by atoms with van der Waals surface area (Å²) in [6, 6.07) is 9.53. The van der Waals surface area contributed by atoms with Crippen molar-refractivity contribution in [3.8, 4) is 23.1 Å². The molecule has 4 rings (SSSR count). The Hall–Kier alpha value is -3.93. The predicted octanol–water partition coefficient (Wildman–Crippen LogP) is 2.74. The minimum absolute atomic E-state index is 0.0132. The van der Waals surface area contributed by atoms with Gasteiger partial charge in [0.2, 0.25) is 5.88 Å². The van der Waals surface area contributed by atoms with E-state index in [0.717, 1.165) is 22.0 Å². The minimum Gasteiger partial charge on any atom is -0.480 e. The second-order valence-corrected chi connectivity index (χ2v) is 6.71. The molecule has 1 aromatic carbocycles. The van der Waals surface area contributed by atoms with Crippen LogP contribution in [0.1, 0.15) is 12.0 Å². The zero-order valence-electron chi connectivity index (χ0n) is 15.7. The monoisotopic (exact) mass is 390 g/mol. The molecule has 29 heavy (non-hydrogen) atoms. The van der Waals surface area contributed by atoms with Crippen molar-refractivity contribution in [2.75, 3.05) is 25.5 Å². The lowest BCUT2D eigenvalue weighted by Crippen LogP contribution is -2.30. The molecule has 9 heteroatoms. The third kappa shape index (κ3) is 3.60. The summed E-state index contributed by atoms with van der Waals surface area (Å²) in [5.74, 6) is 0.933. The van der Waals surface area contributed by atoms with Gasteiger partial charge in [0.05, 0.1) is 12.6 Å². The van der Waals surface area contributed by atoms with E-state index in [9.17, 15) is 10.1 Å². The maximum atomic E-state index is 11.1. The third-order valence-corrected chi connectivity index (χ3v) is 4.93. The van der Waals surface area contributed by atoms with Crippen LogP contribution < -0.4 is 10.1 Å². The van der Waals surface area contributed by atoms with E-state index in [2.05, 4.69) is 26.3 Å². The highest BCUT2D eigenvalue weighted by Gasteiger charge is 2.26. The molecule has 0 unspecified atom stereocenters. The lowest BCUT2D eigenvalue weighted by Gasteiger charge is -2.16. The van der Waals surface area contributed by atoms with Crippen molar-refractivity contribution in [3.05, 3.63) is 42.4 Å². The number of benzene rings is 1. The van der Waals surface area contributed by atoms with Gasteiger partial charge >= 0.3 is 6.09 Å². The SMILES string of the molecule is COc1ncc(-c2ccc3ncnc(N[C@H]4CCN(C(=O)O)C4)c3c2)cc1C#N. The van der Waals surface area contributed by atoms with E-state index in [0.29, 0.717) is 30.9 Å². The molecule has 1 saturated heterocycles. The molecule has 3 aromatic rings. The number of likely N-dealkylation sites (tertiary alicyclic amines) is 1. The number of hydrogen-bond donors (Lipinski definition) is 2. The third-order valence-electron chi connectivity index (χ3n) is 4.93. The summed E-state index contributed by atoms with van der Waals surface area (Å²) in [6.45, 7) is 0.907. The van der Waals surface area contributed by atoms with Crippen LogP contribution in [0.3, 0.4) is 0 Å². The normalized spacial score (nSPS) is 15.9. The zero-order valence-corrected chi connectivity index (χ0v) is 15.7. The van der Waals surface area contributed by atoms with Crippen molar-refractivity contribution in [3.63, 3.8) is 0 Å². The predicted molar refractivity (Wildman–Crippen MR) is 106 cm³/mol. The van der Waals surface area contributed by atoms with Gasteiger partial charge in [-0.2, -0.15) is 5.26 Å². The molecule has 0 radical (unpaired) electrons. The first-order valence-corrected chi connectivity index (χ1v) is 9.02. The van der Waals surface area contributed by atoms with Gasteiger partial charge in [0.1, 0.15) is 23.8 Å². The fourth-order valence-corrected chi connectivity index (χ4v) is 3.45. The Balaban J connectivity index is 1.68. The number of fused-ring (bicyclic) bond motifs is 1. The number of aromatic nitrogens is 3. The van der Waals surface area contributed by atoms with Crippen LogP contribution in [0, 0.1) is 11.3 Å². The van der Waals surface area contributed by atoms with Crippen LogP contribution in [0.4, 0.5) is 10.6 Å². The Morgan fingerprint density at radius 2 is 2.17 bits per heavy atom. The van der Waals surface area contributed by atoms with E-state index in [1.165, 1.54) is 18.3 Å². The van der Waals surface area contributed by atoms with Gasteiger partial charge in [-0.05, 0) is 30.2 Å². The number of hydrogen-bond acceptors (Lipinski definition) is 7. The highest BCUT2D eigenvalue weighted by atomic mass is 16.5. The van der Waals surface area contributed by atoms with E-state index in [4.69, 9.17) is 9.84 Å². The van der Waals surface area contributed by atoms with Gasteiger partial charge in [0.25, 0.3) is 0 Å². The molecule has 1 atom stereocenters. The lowest BCUT2D eigenvalue weighted by atomic mass is 10.0. The smallest absolute Gasteiger partial charge is 0.407 e. The number of nitrogens with one attached hydrogen (secondary N) is 1. The van der Waals surface area contributed by atoms with E-state index < -0.39 is 6.09 Å². The van der Waals surface area contributed by atoms with Gasteiger partial charge in [-0.3, -0.25) is 0 Å². The number of methoxy groups -OCH3 is 1. The molecule has 1 aliphatic heterocycles. The van der Waals surface area contributed by atoms with Gasteiger partial charge < -0.3 is 20.1 Å². The summed E-state index contributed by atoms with van der Waals surface area (Å²) in [5.41, 5.74) is 2.76. The fourth-order valence-electron chi connectivity index (χ4n) is 3.45. The highest BCUT2D eigenvalue weighted by molar-refractivity contribution is 5.92. The average Bonchev–Trinajstić information content (AvgIpc) is 3.22. The topological polar surface area (TPSA) is 124 Å². The van der Waals surface area contributed by atoms with Gasteiger partial charge in [0, 0.05) is 36.3 Å². The number of anilines is 1. The molecule has 1 amide bonds. The van der Waals surface area contributed by atoms with Crippen LogP contribution >= 0.6 is 0 Å². The van der Waals surface area contributed by atoms with Crippen LogP contribution in [-0.2, 0) is 0 Å². The molecule has 0 spiro atoms. The van der Waals surface area contributed by atoms with Gasteiger partial charge in [0.15, 0.2) is 0 Å². The summed E-state index contributed by atoms with van der Waals surface area (Å²) < 4.78 is 5.11. The summed E-state index contributed by atoms with van der Waals surface area (Å²) in [4.78, 5) is 25.4. The number of carbonyl (C=O) groups is 1. The molecule has 2 N–H and O–H groups in total. The van der Waals surface area contributed by atoms with Crippen molar-refractivity contribution in [2.24, 2.45) is 0 Å². The number of carboxylic acid groups (broad SMARTS) is 1. The molecule has 1 fully saturated rings. The van der Waals surface area contributed by atoms with E-state index in [1.54, 1.807) is 12.3 Å². The molecular formula is C20H18N6O3. The maximum absolute atomic E-state index is 11.1. The van der Waals surface area contributed by atoms with Crippen molar-refractivity contribution < 1.29 is 14.6 Å². The maximum Gasteiger partial charge on any atom is 0.407 e. The Kier molecular flexibility index (Phi) is 4.83. The molecule has 0 saturated carbocycles. The quantitative estimate of drug-likeness (QED) is 0.697. The van der Waals surface area contributed by atoms with Crippen molar-refractivity contribution >= 4 is 22.8 Å². The number of nitrogens with zero attached hydrogens (tertiary/aromatic N) is 5. The van der Waals surface area contributed by atoms with Crippen LogP contribution in [0.25, 0.3) is 22.0 Å². The van der Waals surface area contributed by atoms with Crippen molar-refractivity contribution in [1.29, 1.82) is 5.26 Å².